The van der Waals surface area contributed by atoms with Gasteiger partial charge < -0.3 is 10.5 Å². The third-order valence-electron chi connectivity index (χ3n) is 3.44. The maximum absolute atomic E-state index is 12.5. The molecule has 0 saturated carbocycles. The third kappa shape index (κ3) is 4.89. The number of nitrogen functional groups attached to an aromatic ring is 1. The summed E-state index contributed by atoms with van der Waals surface area (Å²) in [5, 5.41) is 0. The van der Waals surface area contributed by atoms with E-state index in [1.165, 1.54) is 13.2 Å². The second-order valence-electron chi connectivity index (χ2n) is 5.38. The van der Waals surface area contributed by atoms with Crippen LogP contribution in [0.25, 0.3) is 0 Å². The third-order valence-corrected chi connectivity index (χ3v) is 5.05. The number of anilines is 1. The van der Waals surface area contributed by atoms with Crippen LogP contribution in [0.5, 0.6) is 5.75 Å². The SMILES string of the molecule is CCCCCC(C)NS(=O)(=O)c1cc(N)c(C)cc1OC. The number of nitrogens with one attached hydrogen (secondary N) is 1. The van der Waals surface area contributed by atoms with Gasteiger partial charge in [-0.3, -0.25) is 0 Å². The molecule has 0 amide bonds. The van der Waals surface area contributed by atoms with Crippen molar-refractivity contribution in [3.63, 3.8) is 0 Å². The maximum Gasteiger partial charge on any atom is 0.244 e. The van der Waals surface area contributed by atoms with Gasteiger partial charge in [-0.05, 0) is 38.0 Å². The summed E-state index contributed by atoms with van der Waals surface area (Å²) in [6, 6.07) is 2.98. The minimum absolute atomic E-state index is 0.0930. The van der Waals surface area contributed by atoms with Crippen molar-refractivity contribution in [3.05, 3.63) is 17.7 Å². The number of ether oxygens (including phenoxy) is 1. The normalized spacial score (nSPS) is 13.1. The topological polar surface area (TPSA) is 81.4 Å². The molecule has 0 bridgehead atoms. The molecule has 1 unspecified atom stereocenters. The quantitative estimate of drug-likeness (QED) is 0.571. The lowest BCUT2D eigenvalue weighted by atomic mass is 10.1. The van der Waals surface area contributed by atoms with Crippen LogP contribution in [0.4, 0.5) is 5.69 Å². The van der Waals surface area contributed by atoms with Crippen LogP contribution in [0.3, 0.4) is 0 Å². The molecule has 6 heteroatoms. The van der Waals surface area contributed by atoms with E-state index < -0.39 is 10.0 Å². The summed E-state index contributed by atoms with van der Waals surface area (Å²) in [6.45, 7) is 5.81. The predicted molar refractivity (Wildman–Crippen MR) is 86.1 cm³/mol. The monoisotopic (exact) mass is 314 g/mol. The summed E-state index contributed by atoms with van der Waals surface area (Å²) in [6.07, 6.45) is 4.04. The summed E-state index contributed by atoms with van der Waals surface area (Å²) in [5.74, 6) is 0.315. The molecular formula is C15H26N2O3S. The Labute approximate surface area is 127 Å². The average Bonchev–Trinajstić information content (AvgIpc) is 2.41. The Balaban J connectivity index is 2.95. The van der Waals surface area contributed by atoms with Gasteiger partial charge in [0.15, 0.2) is 0 Å². The molecule has 0 fully saturated rings. The van der Waals surface area contributed by atoms with Crippen LogP contribution in [0.15, 0.2) is 17.0 Å². The first-order valence-corrected chi connectivity index (χ1v) is 8.76. The number of sulfonamides is 1. The van der Waals surface area contributed by atoms with Crippen LogP contribution in [0.1, 0.15) is 45.1 Å². The van der Waals surface area contributed by atoms with Gasteiger partial charge in [0.05, 0.1) is 7.11 Å². The Morgan fingerprint density at radius 1 is 1.33 bits per heavy atom. The van der Waals surface area contributed by atoms with Crippen LogP contribution >= 0.6 is 0 Å². The Hall–Kier alpha value is -1.27. The van der Waals surface area contributed by atoms with E-state index in [0.717, 1.165) is 31.2 Å². The van der Waals surface area contributed by atoms with Gasteiger partial charge in [0.25, 0.3) is 0 Å². The summed E-state index contributed by atoms with van der Waals surface area (Å²) >= 11 is 0. The molecule has 3 N–H and O–H groups in total. The van der Waals surface area contributed by atoms with Crippen molar-refractivity contribution >= 4 is 15.7 Å². The average molecular weight is 314 g/mol. The number of methoxy groups -OCH3 is 1. The molecule has 0 aromatic heterocycles. The van der Waals surface area contributed by atoms with Crippen molar-refractivity contribution in [2.45, 2.75) is 57.4 Å². The van der Waals surface area contributed by atoms with E-state index in [0.29, 0.717) is 11.4 Å². The first-order valence-electron chi connectivity index (χ1n) is 7.28. The molecule has 0 radical (unpaired) electrons. The number of unbranched alkanes of at least 4 members (excludes halogenated alkanes) is 2. The van der Waals surface area contributed by atoms with Crippen molar-refractivity contribution in [2.75, 3.05) is 12.8 Å². The van der Waals surface area contributed by atoms with E-state index in [9.17, 15) is 8.42 Å². The van der Waals surface area contributed by atoms with Crippen molar-refractivity contribution in [1.82, 2.24) is 4.72 Å². The van der Waals surface area contributed by atoms with E-state index in [1.54, 1.807) is 6.07 Å². The van der Waals surface area contributed by atoms with E-state index >= 15 is 0 Å². The highest BCUT2D eigenvalue weighted by Crippen LogP contribution is 2.29. The number of hydrogen-bond acceptors (Lipinski definition) is 4. The number of aryl methyl sites for hydroxylation is 1. The zero-order valence-electron chi connectivity index (χ0n) is 13.3. The highest BCUT2D eigenvalue weighted by atomic mass is 32.2. The lowest BCUT2D eigenvalue weighted by Crippen LogP contribution is -2.32. The van der Waals surface area contributed by atoms with Gasteiger partial charge in [-0.25, -0.2) is 13.1 Å². The van der Waals surface area contributed by atoms with Gasteiger partial charge in [0.1, 0.15) is 10.6 Å². The van der Waals surface area contributed by atoms with Crippen LogP contribution in [-0.2, 0) is 10.0 Å². The second-order valence-corrected chi connectivity index (χ2v) is 7.06. The van der Waals surface area contributed by atoms with Crippen molar-refractivity contribution in [3.8, 4) is 5.75 Å². The summed E-state index contributed by atoms with van der Waals surface area (Å²) < 4.78 is 32.8. The largest absolute Gasteiger partial charge is 0.495 e. The molecule has 1 aromatic carbocycles. The Morgan fingerprint density at radius 2 is 2.00 bits per heavy atom. The fraction of sp³-hybridized carbons (Fsp3) is 0.600. The van der Waals surface area contributed by atoms with Gasteiger partial charge >= 0.3 is 0 Å². The fourth-order valence-electron chi connectivity index (χ4n) is 2.13. The van der Waals surface area contributed by atoms with Gasteiger partial charge in [0.2, 0.25) is 10.0 Å². The van der Waals surface area contributed by atoms with Gasteiger partial charge in [-0.15, -0.1) is 0 Å². The van der Waals surface area contributed by atoms with Gasteiger partial charge in [0, 0.05) is 11.7 Å². The minimum Gasteiger partial charge on any atom is -0.495 e. The van der Waals surface area contributed by atoms with Crippen LogP contribution in [0, 0.1) is 6.92 Å². The highest BCUT2D eigenvalue weighted by Gasteiger charge is 2.22. The van der Waals surface area contributed by atoms with Crippen LogP contribution in [-0.4, -0.2) is 21.6 Å². The zero-order valence-corrected chi connectivity index (χ0v) is 14.1. The molecular weight excluding hydrogens is 288 g/mol. The number of rotatable bonds is 8. The Bertz CT molecular complexity index is 571. The Morgan fingerprint density at radius 3 is 2.57 bits per heavy atom. The maximum atomic E-state index is 12.5. The number of nitrogens with two attached hydrogens (primary N) is 1. The van der Waals surface area contributed by atoms with E-state index in [1.807, 2.05) is 13.8 Å². The van der Waals surface area contributed by atoms with Crippen LogP contribution in [0.2, 0.25) is 0 Å². The first-order chi connectivity index (χ1) is 9.81. The van der Waals surface area contributed by atoms with Crippen molar-refractivity contribution < 1.29 is 13.2 Å². The molecule has 120 valence electrons. The number of benzene rings is 1. The molecule has 0 saturated heterocycles. The van der Waals surface area contributed by atoms with Crippen LogP contribution < -0.4 is 15.2 Å². The van der Waals surface area contributed by atoms with E-state index in [4.69, 9.17) is 10.5 Å². The van der Waals surface area contributed by atoms with Crippen molar-refractivity contribution in [1.29, 1.82) is 0 Å². The van der Waals surface area contributed by atoms with E-state index in [2.05, 4.69) is 11.6 Å². The summed E-state index contributed by atoms with van der Waals surface area (Å²) in [7, 11) is -2.18. The predicted octanol–water partition coefficient (Wildman–Crippen LogP) is 2.83. The minimum atomic E-state index is -3.63. The number of hydrogen-bond donors (Lipinski definition) is 2. The molecule has 5 nitrogen and oxygen atoms in total. The van der Waals surface area contributed by atoms with Gasteiger partial charge in [-0.2, -0.15) is 0 Å². The molecule has 0 aliphatic rings. The smallest absolute Gasteiger partial charge is 0.244 e. The summed E-state index contributed by atoms with van der Waals surface area (Å²) in [5.41, 5.74) is 7.06. The lowest BCUT2D eigenvalue weighted by molar-refractivity contribution is 0.401. The highest BCUT2D eigenvalue weighted by molar-refractivity contribution is 7.89. The molecule has 1 atom stereocenters. The summed E-state index contributed by atoms with van der Waals surface area (Å²) in [4.78, 5) is 0.0930. The molecule has 0 aliphatic carbocycles. The molecule has 0 spiro atoms. The first kappa shape index (κ1) is 17.8. The van der Waals surface area contributed by atoms with E-state index in [-0.39, 0.29) is 10.9 Å². The molecule has 1 rings (SSSR count). The van der Waals surface area contributed by atoms with Crippen molar-refractivity contribution in [2.24, 2.45) is 0 Å². The van der Waals surface area contributed by atoms with Gasteiger partial charge in [-0.1, -0.05) is 26.2 Å². The Kier molecular flexibility index (Phi) is 6.48. The lowest BCUT2D eigenvalue weighted by Gasteiger charge is -2.17. The molecule has 0 heterocycles. The molecule has 21 heavy (non-hydrogen) atoms. The standard InChI is InChI=1S/C15H26N2O3S/c1-5-6-7-8-12(3)17-21(18,19)15-10-13(16)11(2)9-14(15)20-4/h9-10,12,17H,5-8,16H2,1-4H3. The zero-order chi connectivity index (χ0) is 16.0. The molecule has 0 aliphatic heterocycles. The fourth-order valence-corrected chi connectivity index (χ4v) is 3.60. The molecule has 1 aromatic rings. The second kappa shape index (κ2) is 7.66.